The molecule has 0 aliphatic carbocycles. The summed E-state index contributed by atoms with van der Waals surface area (Å²) >= 11 is 0. The summed E-state index contributed by atoms with van der Waals surface area (Å²) in [4.78, 5) is 20.2. The molecule has 0 saturated heterocycles. The number of carboxylic acid groups (broad SMARTS) is 1. The Balaban J connectivity index is 0.000000322. The molecule has 1 aromatic carbocycles. The average molecular weight is 331 g/mol. The Hall–Kier alpha value is -2.38. The van der Waals surface area contributed by atoms with Crippen LogP contribution in [0.25, 0.3) is 0 Å². The molecule has 0 spiro atoms. The van der Waals surface area contributed by atoms with Crippen molar-refractivity contribution in [3.63, 3.8) is 0 Å². The van der Waals surface area contributed by atoms with Crippen LogP contribution in [0.4, 0.5) is 18.9 Å². The Morgan fingerprint density at radius 1 is 1.30 bits per heavy atom. The maximum Gasteiger partial charge on any atom is 0.430 e. The summed E-state index contributed by atoms with van der Waals surface area (Å²) in [5, 5.41) is 8.78. The highest BCUT2D eigenvalue weighted by Gasteiger charge is 2.41. The summed E-state index contributed by atoms with van der Waals surface area (Å²) in [6, 6.07) is 8.14. The number of carboxylic acids is 1. The third-order valence-electron chi connectivity index (χ3n) is 3.35. The summed E-state index contributed by atoms with van der Waals surface area (Å²) in [5.74, 6) is -3.18. The van der Waals surface area contributed by atoms with Crippen LogP contribution in [0.2, 0.25) is 0 Å². The summed E-state index contributed by atoms with van der Waals surface area (Å²) in [7, 11) is 3.43. The number of carbonyl (C=O) groups excluding carboxylic acids is 2. The van der Waals surface area contributed by atoms with E-state index >= 15 is 0 Å². The van der Waals surface area contributed by atoms with Crippen LogP contribution in [0.3, 0.4) is 0 Å². The molecule has 0 N–H and O–H groups in total. The Labute approximate surface area is 131 Å². The third kappa shape index (κ3) is 4.54. The smallest absolute Gasteiger partial charge is 0.430 e. The number of rotatable bonds is 2. The minimum absolute atomic E-state index is 0.177. The number of para-hydroxylation sites is 1. The zero-order valence-corrected chi connectivity index (χ0v) is 12.8. The lowest BCUT2D eigenvalue weighted by atomic mass is 9.82. The van der Waals surface area contributed by atoms with Crippen molar-refractivity contribution in [1.82, 2.24) is 0 Å². The lowest BCUT2D eigenvalue weighted by Gasteiger charge is -2.16. The van der Waals surface area contributed by atoms with Crippen molar-refractivity contribution in [2.75, 3.05) is 14.2 Å². The van der Waals surface area contributed by atoms with Crippen molar-refractivity contribution in [3.8, 4) is 0 Å². The Bertz CT molecular complexity index is 640. The van der Waals surface area contributed by atoms with Gasteiger partial charge in [0.25, 0.3) is 0 Å². The zero-order valence-electron chi connectivity index (χ0n) is 12.8. The Kier molecular flexibility index (Phi) is 5.52. The first-order valence-electron chi connectivity index (χ1n) is 6.54. The molecule has 5 nitrogen and oxygen atoms in total. The first kappa shape index (κ1) is 18.7. The van der Waals surface area contributed by atoms with Gasteiger partial charge in [0.1, 0.15) is 13.0 Å². The predicted molar refractivity (Wildman–Crippen MR) is 73.4 cm³/mol. The van der Waals surface area contributed by atoms with E-state index in [1.165, 1.54) is 12.7 Å². The molecule has 0 amide bonds. The molecule has 1 aliphatic heterocycles. The van der Waals surface area contributed by atoms with E-state index in [0.717, 1.165) is 5.69 Å². The molecule has 0 fully saturated rings. The van der Waals surface area contributed by atoms with Crippen molar-refractivity contribution >= 4 is 23.8 Å². The minimum Gasteiger partial charge on any atom is -0.542 e. The largest absolute Gasteiger partial charge is 0.542 e. The normalized spacial score (nSPS) is 19.1. The highest BCUT2D eigenvalue weighted by atomic mass is 19.4. The van der Waals surface area contributed by atoms with Crippen LogP contribution in [-0.2, 0) is 19.7 Å². The first-order valence-corrected chi connectivity index (χ1v) is 6.54. The van der Waals surface area contributed by atoms with Crippen LogP contribution >= 0.6 is 0 Å². The Morgan fingerprint density at radius 3 is 2.30 bits per heavy atom. The number of alkyl halides is 3. The van der Waals surface area contributed by atoms with E-state index in [9.17, 15) is 18.0 Å². The zero-order chi connectivity index (χ0) is 17.8. The molecule has 1 aliphatic rings. The quantitative estimate of drug-likeness (QED) is 0.602. The third-order valence-corrected chi connectivity index (χ3v) is 3.35. The summed E-state index contributed by atoms with van der Waals surface area (Å²) in [6.07, 6.45) is -2.74. The van der Waals surface area contributed by atoms with Gasteiger partial charge in [0.2, 0.25) is 5.69 Å². The van der Waals surface area contributed by atoms with Crippen molar-refractivity contribution in [3.05, 3.63) is 29.8 Å². The second-order valence-corrected chi connectivity index (χ2v) is 5.21. The molecule has 0 aromatic heterocycles. The molecule has 0 radical (unpaired) electrons. The Morgan fingerprint density at radius 2 is 1.83 bits per heavy atom. The summed E-state index contributed by atoms with van der Waals surface area (Å²) in [5.41, 5.74) is 2.09. The van der Waals surface area contributed by atoms with E-state index in [-0.39, 0.29) is 11.4 Å². The number of benzene rings is 1. The van der Waals surface area contributed by atoms with Gasteiger partial charge in [0.15, 0.2) is 6.21 Å². The van der Waals surface area contributed by atoms with Crippen LogP contribution in [0, 0.1) is 0 Å². The minimum atomic E-state index is -5.19. The molecular weight excluding hydrogens is 315 g/mol. The molecule has 126 valence electrons. The second kappa shape index (κ2) is 6.80. The number of hydrogen-bond acceptors (Lipinski definition) is 4. The maximum absolute atomic E-state index is 11.4. The van der Waals surface area contributed by atoms with E-state index in [4.69, 9.17) is 14.6 Å². The molecule has 2 rings (SSSR count). The fourth-order valence-electron chi connectivity index (χ4n) is 2.34. The number of carbonyl (C=O) groups is 2. The maximum atomic E-state index is 11.4. The fraction of sp³-hybridized carbons (Fsp3) is 0.400. The van der Waals surface area contributed by atoms with Crippen molar-refractivity contribution < 1.29 is 37.2 Å². The molecule has 1 atom stereocenters. The lowest BCUT2D eigenvalue weighted by molar-refractivity contribution is -0.397. The fourth-order valence-corrected chi connectivity index (χ4v) is 2.34. The van der Waals surface area contributed by atoms with E-state index in [0.29, 0.717) is 6.42 Å². The number of halogens is 3. The summed E-state index contributed by atoms with van der Waals surface area (Å²) < 4.78 is 38.4. The lowest BCUT2D eigenvalue weighted by Crippen LogP contribution is -2.37. The SMILES string of the molecule is COC(=O)CC1(C)C=[N+](C)c2ccccc21.O=C([O-])C(F)(F)F. The monoisotopic (exact) mass is 331 g/mol. The number of esters is 1. The number of nitrogens with zero attached hydrogens (tertiary/aromatic N) is 1. The molecule has 1 aromatic rings. The molecule has 1 heterocycles. The molecule has 8 heteroatoms. The molecule has 0 bridgehead atoms. The second-order valence-electron chi connectivity index (χ2n) is 5.21. The van der Waals surface area contributed by atoms with Gasteiger partial charge in [-0.25, -0.2) is 4.58 Å². The molecule has 1 unspecified atom stereocenters. The van der Waals surface area contributed by atoms with Crippen LogP contribution in [0.15, 0.2) is 24.3 Å². The van der Waals surface area contributed by atoms with Gasteiger partial charge < -0.3 is 14.6 Å². The van der Waals surface area contributed by atoms with Crippen LogP contribution in [-0.4, -0.2) is 43.1 Å². The van der Waals surface area contributed by atoms with E-state index in [2.05, 4.69) is 29.8 Å². The van der Waals surface area contributed by atoms with Gasteiger partial charge in [0, 0.05) is 11.6 Å². The number of hydrogen-bond donors (Lipinski definition) is 0. The van der Waals surface area contributed by atoms with Gasteiger partial charge in [0.05, 0.1) is 18.9 Å². The first-order chi connectivity index (χ1) is 10.5. The van der Waals surface area contributed by atoms with Gasteiger partial charge in [-0.1, -0.05) is 18.2 Å². The van der Waals surface area contributed by atoms with Gasteiger partial charge in [-0.3, -0.25) is 4.79 Å². The number of fused-ring (bicyclic) bond motifs is 1. The average Bonchev–Trinajstić information content (AvgIpc) is 2.70. The van der Waals surface area contributed by atoms with Gasteiger partial charge >= 0.3 is 12.1 Å². The van der Waals surface area contributed by atoms with Gasteiger partial charge in [-0.2, -0.15) is 13.2 Å². The predicted octanol–water partition coefficient (Wildman–Crippen LogP) is 1.16. The van der Waals surface area contributed by atoms with Crippen LogP contribution < -0.4 is 5.11 Å². The van der Waals surface area contributed by atoms with E-state index < -0.39 is 12.1 Å². The number of methoxy groups -OCH3 is 1. The van der Waals surface area contributed by atoms with Crippen molar-refractivity contribution in [1.29, 1.82) is 0 Å². The highest BCUT2D eigenvalue weighted by molar-refractivity contribution is 5.84. The van der Waals surface area contributed by atoms with Crippen molar-refractivity contribution in [2.45, 2.75) is 24.9 Å². The number of aliphatic carboxylic acids is 1. The van der Waals surface area contributed by atoms with Crippen LogP contribution in [0.1, 0.15) is 18.9 Å². The molecule has 0 saturated carbocycles. The van der Waals surface area contributed by atoms with E-state index in [1.54, 1.807) is 0 Å². The molecule has 23 heavy (non-hydrogen) atoms. The van der Waals surface area contributed by atoms with Crippen LogP contribution in [0.5, 0.6) is 0 Å². The highest BCUT2D eigenvalue weighted by Crippen LogP contribution is 2.37. The van der Waals surface area contributed by atoms with Crippen molar-refractivity contribution in [2.24, 2.45) is 0 Å². The van der Waals surface area contributed by atoms with Gasteiger partial charge in [-0.15, -0.1) is 0 Å². The standard InChI is InChI=1S/C13H16NO2.C2HF3O2/c1-13(8-12(15)16-3)9-14(2)11-7-5-4-6-10(11)13;3-2(4,5)1(6)7/h4-7,9H,8H2,1-3H3;(H,6,7)/q+1;/p-1. The van der Waals surface area contributed by atoms with Gasteiger partial charge in [-0.05, 0) is 6.92 Å². The summed E-state index contributed by atoms with van der Waals surface area (Å²) in [6.45, 7) is 2.06. The topological polar surface area (TPSA) is 69.4 Å². The molecular formula is C15H16F3NO4. The number of ether oxygens (including phenoxy) is 1. The van der Waals surface area contributed by atoms with E-state index in [1.807, 2.05) is 19.2 Å².